The van der Waals surface area contributed by atoms with Crippen LogP contribution in [0.25, 0.3) is 0 Å². The van der Waals surface area contributed by atoms with Gasteiger partial charge in [0.2, 0.25) is 5.88 Å². The molecule has 2 heterocycles. The molecule has 0 bridgehead atoms. The number of nitrogens with one attached hydrogen (secondary N) is 1. The van der Waals surface area contributed by atoms with E-state index in [9.17, 15) is 0 Å². The molecule has 1 aliphatic rings. The van der Waals surface area contributed by atoms with Crippen molar-refractivity contribution < 1.29 is 4.74 Å². The Labute approximate surface area is 103 Å². The van der Waals surface area contributed by atoms with Gasteiger partial charge in [0.15, 0.2) is 0 Å². The van der Waals surface area contributed by atoms with E-state index in [0.29, 0.717) is 0 Å². The Morgan fingerprint density at radius 3 is 2.76 bits per heavy atom. The van der Waals surface area contributed by atoms with Crippen molar-refractivity contribution >= 4 is 0 Å². The normalized spacial score (nSPS) is 21.5. The molecule has 4 nitrogen and oxygen atoms in total. The highest BCUT2D eigenvalue weighted by Crippen LogP contribution is 2.25. The topological polar surface area (TPSA) is 39.1 Å². The molecule has 1 aliphatic heterocycles. The van der Waals surface area contributed by atoms with Gasteiger partial charge in [-0.3, -0.25) is 0 Å². The lowest BCUT2D eigenvalue weighted by Gasteiger charge is -2.23. The molecule has 17 heavy (non-hydrogen) atoms. The fraction of sp³-hybridized carbons (Fsp3) is 0.769. The predicted octanol–water partition coefficient (Wildman–Crippen LogP) is 1.85. The average Bonchev–Trinajstić information content (AvgIpc) is 2.62. The zero-order valence-corrected chi connectivity index (χ0v) is 11.3. The van der Waals surface area contributed by atoms with Crippen molar-refractivity contribution in [1.82, 2.24) is 15.1 Å². The molecule has 0 aromatic carbocycles. The fourth-order valence-corrected chi connectivity index (χ4v) is 2.02. The SMILES string of the molecule is Cn1nc(C(C)(C)C)cc1OC1CCCNC1. The van der Waals surface area contributed by atoms with Gasteiger partial charge < -0.3 is 10.1 Å². The zero-order valence-electron chi connectivity index (χ0n) is 11.3. The average molecular weight is 237 g/mol. The Morgan fingerprint density at radius 2 is 2.24 bits per heavy atom. The molecular formula is C13H23N3O. The van der Waals surface area contributed by atoms with Gasteiger partial charge in [0, 0.05) is 25.1 Å². The minimum absolute atomic E-state index is 0.0736. The van der Waals surface area contributed by atoms with Crippen molar-refractivity contribution in [1.29, 1.82) is 0 Å². The Balaban J connectivity index is 2.07. The van der Waals surface area contributed by atoms with Gasteiger partial charge in [0.1, 0.15) is 6.10 Å². The summed E-state index contributed by atoms with van der Waals surface area (Å²) in [6.07, 6.45) is 2.60. The first kappa shape index (κ1) is 12.4. The minimum Gasteiger partial charge on any atom is -0.473 e. The number of ether oxygens (including phenoxy) is 1. The molecule has 1 aromatic rings. The number of aryl methyl sites for hydroxylation is 1. The van der Waals surface area contributed by atoms with Crippen molar-refractivity contribution in [2.75, 3.05) is 13.1 Å². The van der Waals surface area contributed by atoms with Crippen LogP contribution in [0, 0.1) is 0 Å². The summed E-state index contributed by atoms with van der Waals surface area (Å²) < 4.78 is 7.84. The van der Waals surface area contributed by atoms with Crippen molar-refractivity contribution in [2.24, 2.45) is 7.05 Å². The molecule has 4 heteroatoms. The fourth-order valence-electron chi connectivity index (χ4n) is 2.02. The third-order valence-electron chi connectivity index (χ3n) is 3.14. The third kappa shape index (κ3) is 3.00. The van der Waals surface area contributed by atoms with Gasteiger partial charge >= 0.3 is 0 Å². The standard InChI is InChI=1S/C13H23N3O/c1-13(2,3)11-8-12(16(4)15-11)17-10-6-5-7-14-9-10/h8,10,14H,5-7,9H2,1-4H3. The quantitative estimate of drug-likeness (QED) is 0.853. The predicted molar refractivity (Wildman–Crippen MR) is 68.4 cm³/mol. The zero-order chi connectivity index (χ0) is 12.5. The van der Waals surface area contributed by atoms with Gasteiger partial charge in [-0.1, -0.05) is 20.8 Å². The molecule has 1 aromatic heterocycles. The van der Waals surface area contributed by atoms with Crippen LogP contribution in [0.1, 0.15) is 39.3 Å². The summed E-state index contributed by atoms with van der Waals surface area (Å²) in [5, 5.41) is 7.88. The molecular weight excluding hydrogens is 214 g/mol. The summed E-state index contributed by atoms with van der Waals surface area (Å²) in [7, 11) is 1.95. The van der Waals surface area contributed by atoms with Crippen LogP contribution in [0.15, 0.2) is 6.07 Å². The van der Waals surface area contributed by atoms with Crippen molar-refractivity contribution in [3.63, 3.8) is 0 Å². The molecule has 96 valence electrons. The van der Waals surface area contributed by atoms with E-state index in [1.807, 2.05) is 11.7 Å². The monoisotopic (exact) mass is 237 g/mol. The smallest absolute Gasteiger partial charge is 0.212 e. The van der Waals surface area contributed by atoms with Crippen LogP contribution in [0.2, 0.25) is 0 Å². The highest BCUT2D eigenvalue weighted by Gasteiger charge is 2.21. The van der Waals surface area contributed by atoms with E-state index in [4.69, 9.17) is 4.74 Å². The molecule has 0 spiro atoms. The summed E-state index contributed by atoms with van der Waals surface area (Å²) >= 11 is 0. The number of aromatic nitrogens is 2. The maximum Gasteiger partial charge on any atom is 0.212 e. The first-order chi connectivity index (χ1) is 7.97. The molecule has 0 aliphatic carbocycles. The van der Waals surface area contributed by atoms with E-state index in [2.05, 4.69) is 37.3 Å². The molecule has 0 amide bonds. The summed E-state index contributed by atoms with van der Waals surface area (Å²) in [5.74, 6) is 0.878. The lowest BCUT2D eigenvalue weighted by Crippen LogP contribution is -2.37. The Kier molecular flexibility index (Phi) is 3.43. The summed E-state index contributed by atoms with van der Waals surface area (Å²) in [6.45, 7) is 8.55. The van der Waals surface area contributed by atoms with E-state index in [-0.39, 0.29) is 11.5 Å². The molecule has 0 saturated carbocycles. The van der Waals surface area contributed by atoms with Gasteiger partial charge in [0.05, 0.1) is 5.69 Å². The van der Waals surface area contributed by atoms with Gasteiger partial charge in [-0.05, 0) is 19.4 Å². The molecule has 1 fully saturated rings. The number of piperidine rings is 1. The second-order valence-corrected chi connectivity index (χ2v) is 5.83. The van der Waals surface area contributed by atoms with Crippen LogP contribution in [-0.4, -0.2) is 29.0 Å². The van der Waals surface area contributed by atoms with Crippen molar-refractivity contribution in [3.05, 3.63) is 11.8 Å². The van der Waals surface area contributed by atoms with Crippen molar-refractivity contribution in [3.8, 4) is 5.88 Å². The molecule has 2 rings (SSSR count). The minimum atomic E-state index is 0.0736. The number of hydrogen-bond acceptors (Lipinski definition) is 3. The van der Waals surface area contributed by atoms with Gasteiger partial charge in [0.25, 0.3) is 0 Å². The molecule has 1 unspecified atom stereocenters. The summed E-state index contributed by atoms with van der Waals surface area (Å²) in [6, 6.07) is 2.06. The van der Waals surface area contributed by atoms with Crippen LogP contribution in [0.3, 0.4) is 0 Å². The number of hydrogen-bond donors (Lipinski definition) is 1. The van der Waals surface area contributed by atoms with Crippen LogP contribution in [0.5, 0.6) is 5.88 Å². The first-order valence-corrected chi connectivity index (χ1v) is 6.39. The lowest BCUT2D eigenvalue weighted by molar-refractivity contribution is 0.153. The lowest BCUT2D eigenvalue weighted by atomic mass is 9.93. The van der Waals surface area contributed by atoms with E-state index in [0.717, 1.165) is 31.1 Å². The number of nitrogens with zero attached hydrogens (tertiary/aromatic N) is 2. The Morgan fingerprint density at radius 1 is 1.47 bits per heavy atom. The highest BCUT2D eigenvalue weighted by molar-refractivity contribution is 5.21. The summed E-state index contributed by atoms with van der Waals surface area (Å²) in [4.78, 5) is 0. The van der Waals surface area contributed by atoms with Gasteiger partial charge in [-0.2, -0.15) is 5.10 Å². The maximum absolute atomic E-state index is 6.00. The van der Waals surface area contributed by atoms with Gasteiger partial charge in [-0.15, -0.1) is 0 Å². The van der Waals surface area contributed by atoms with Crippen molar-refractivity contribution in [2.45, 2.75) is 45.1 Å². The van der Waals surface area contributed by atoms with Crippen LogP contribution >= 0.6 is 0 Å². The van der Waals surface area contributed by atoms with Crippen LogP contribution in [-0.2, 0) is 12.5 Å². The number of rotatable bonds is 2. The molecule has 0 radical (unpaired) electrons. The maximum atomic E-state index is 6.00. The third-order valence-corrected chi connectivity index (χ3v) is 3.14. The summed E-state index contributed by atoms with van der Waals surface area (Å²) in [5.41, 5.74) is 1.16. The Bertz CT molecular complexity index is 373. The van der Waals surface area contributed by atoms with Crippen LogP contribution in [0.4, 0.5) is 0 Å². The first-order valence-electron chi connectivity index (χ1n) is 6.39. The second-order valence-electron chi connectivity index (χ2n) is 5.83. The van der Waals surface area contributed by atoms with E-state index < -0.39 is 0 Å². The largest absolute Gasteiger partial charge is 0.473 e. The molecule has 1 saturated heterocycles. The van der Waals surface area contributed by atoms with Crippen LogP contribution < -0.4 is 10.1 Å². The van der Waals surface area contributed by atoms with E-state index in [1.165, 1.54) is 6.42 Å². The van der Waals surface area contributed by atoms with Gasteiger partial charge in [-0.25, -0.2) is 4.68 Å². The van der Waals surface area contributed by atoms with E-state index >= 15 is 0 Å². The van der Waals surface area contributed by atoms with E-state index in [1.54, 1.807) is 0 Å². The molecule has 1 atom stereocenters. The Hall–Kier alpha value is -1.03. The highest BCUT2D eigenvalue weighted by atomic mass is 16.5. The molecule has 1 N–H and O–H groups in total. The second kappa shape index (κ2) is 4.69.